The van der Waals surface area contributed by atoms with Crippen LogP contribution in [0.25, 0.3) is 0 Å². The van der Waals surface area contributed by atoms with Crippen LogP contribution in [0, 0.1) is 0 Å². The average Bonchev–Trinajstić information content (AvgIpc) is 0. The Hall–Kier alpha value is 4.36. The molecule has 0 aliphatic heterocycles. The summed E-state index contributed by atoms with van der Waals surface area (Å²) in [7, 11) is 0. The SMILES string of the molecule is [Br-].[Br-].[Br-].[Br-].[Br-].[Br-].[Sr+2]. The first kappa shape index (κ1) is 64.1. The van der Waals surface area contributed by atoms with E-state index in [-0.39, 0.29) is 147 Å². The van der Waals surface area contributed by atoms with Gasteiger partial charge in [0.1, 0.15) is 0 Å². The summed E-state index contributed by atoms with van der Waals surface area (Å²) in [6.07, 6.45) is 0. The van der Waals surface area contributed by atoms with Gasteiger partial charge >= 0.3 is 45.5 Å². The summed E-state index contributed by atoms with van der Waals surface area (Å²) >= 11 is 0. The van der Waals surface area contributed by atoms with Crippen molar-refractivity contribution in [3.8, 4) is 0 Å². The Labute approximate surface area is 144 Å². The predicted octanol–water partition coefficient (Wildman–Crippen LogP) is -18.4. The minimum atomic E-state index is 0. The number of rotatable bonds is 0. The van der Waals surface area contributed by atoms with Gasteiger partial charge in [-0.1, -0.05) is 0 Å². The fourth-order valence-electron chi connectivity index (χ4n) is 0. The monoisotopic (exact) mass is 561 g/mol. The quantitative estimate of drug-likeness (QED) is 0.256. The minimum Gasteiger partial charge on any atom is -1.00 e. The van der Waals surface area contributed by atoms with Crippen molar-refractivity contribution >= 4 is 45.5 Å². The maximum Gasteiger partial charge on any atom is 2.00 e. The molecule has 0 saturated heterocycles. The third-order valence-corrected chi connectivity index (χ3v) is 0. The molecule has 48 valence electrons. The van der Waals surface area contributed by atoms with Gasteiger partial charge < -0.3 is 102 Å². The molecule has 0 nitrogen and oxygen atoms in total. The first-order chi connectivity index (χ1) is 0. The topological polar surface area (TPSA) is 0 Å². The van der Waals surface area contributed by atoms with E-state index in [4.69, 9.17) is 0 Å². The molecule has 0 aromatic rings. The van der Waals surface area contributed by atoms with Gasteiger partial charge in [-0.05, 0) is 0 Å². The molecule has 0 saturated carbocycles. The summed E-state index contributed by atoms with van der Waals surface area (Å²) in [5, 5.41) is 0. The largest absolute Gasteiger partial charge is 2.00 e. The van der Waals surface area contributed by atoms with Crippen molar-refractivity contribution in [2.45, 2.75) is 0 Å². The van der Waals surface area contributed by atoms with Crippen LogP contribution >= 0.6 is 0 Å². The fourth-order valence-corrected chi connectivity index (χ4v) is 0. The summed E-state index contributed by atoms with van der Waals surface area (Å²) in [4.78, 5) is 0. The molecule has 0 aliphatic carbocycles. The fraction of sp³-hybridized carbons (Fsp3) is 0. The van der Waals surface area contributed by atoms with Gasteiger partial charge in [-0.2, -0.15) is 0 Å². The van der Waals surface area contributed by atoms with Crippen molar-refractivity contribution in [1.29, 1.82) is 0 Å². The first-order valence-corrected chi connectivity index (χ1v) is 0. The van der Waals surface area contributed by atoms with E-state index in [0.717, 1.165) is 0 Å². The second-order valence-corrected chi connectivity index (χ2v) is 0. The molecular formula is Br6Sr-4. The van der Waals surface area contributed by atoms with Crippen molar-refractivity contribution in [2.75, 3.05) is 0 Å². The van der Waals surface area contributed by atoms with Crippen LogP contribution in [0.4, 0.5) is 0 Å². The third-order valence-electron chi connectivity index (χ3n) is 0. The maximum absolute atomic E-state index is 0. The molecule has 0 radical (unpaired) electrons. The molecule has 0 rings (SSSR count). The Morgan fingerprint density at radius 2 is 0.286 bits per heavy atom. The molecule has 7 heavy (non-hydrogen) atoms. The summed E-state index contributed by atoms with van der Waals surface area (Å²) in [6.45, 7) is 0. The normalized spacial score (nSPS) is 0. The molecular weight excluding hydrogens is 567 g/mol. The number of halogens is 6. The van der Waals surface area contributed by atoms with Crippen molar-refractivity contribution in [1.82, 2.24) is 0 Å². The van der Waals surface area contributed by atoms with Crippen LogP contribution in [0.2, 0.25) is 0 Å². The van der Waals surface area contributed by atoms with E-state index in [2.05, 4.69) is 0 Å². The van der Waals surface area contributed by atoms with E-state index >= 15 is 0 Å². The van der Waals surface area contributed by atoms with Crippen LogP contribution in [0.1, 0.15) is 0 Å². The average molecular weight is 567 g/mol. The van der Waals surface area contributed by atoms with Gasteiger partial charge in [0.2, 0.25) is 0 Å². The number of hydrogen-bond acceptors (Lipinski definition) is 0. The molecule has 0 bridgehead atoms. The van der Waals surface area contributed by atoms with Crippen molar-refractivity contribution in [3.63, 3.8) is 0 Å². The van der Waals surface area contributed by atoms with Gasteiger partial charge in [-0.15, -0.1) is 0 Å². The smallest absolute Gasteiger partial charge is 1.00 e. The second-order valence-electron chi connectivity index (χ2n) is 0. The summed E-state index contributed by atoms with van der Waals surface area (Å²) in [6, 6.07) is 0. The zero-order valence-corrected chi connectivity index (χ0v) is 16.0. The molecule has 0 N–H and O–H groups in total. The molecule has 0 aromatic carbocycles. The van der Waals surface area contributed by atoms with Gasteiger partial charge in [-0.25, -0.2) is 0 Å². The zero-order chi connectivity index (χ0) is 0. The van der Waals surface area contributed by atoms with Crippen LogP contribution in [0.15, 0.2) is 0 Å². The Balaban J connectivity index is 0. The molecule has 0 aliphatic rings. The van der Waals surface area contributed by atoms with E-state index in [9.17, 15) is 0 Å². The molecule has 7 heteroatoms. The van der Waals surface area contributed by atoms with E-state index in [1.165, 1.54) is 0 Å². The first-order valence-electron chi connectivity index (χ1n) is 0. The molecule has 0 spiro atoms. The van der Waals surface area contributed by atoms with Crippen LogP contribution in [-0.2, 0) is 0 Å². The predicted molar refractivity (Wildman–Crippen MR) is 5.75 cm³/mol. The molecule has 0 amide bonds. The zero-order valence-electron chi connectivity index (χ0n) is 2.97. The van der Waals surface area contributed by atoms with Gasteiger partial charge in [0, 0.05) is 0 Å². The maximum atomic E-state index is 0. The Morgan fingerprint density at radius 1 is 0.286 bits per heavy atom. The second kappa shape index (κ2) is 47.7. The van der Waals surface area contributed by atoms with Crippen molar-refractivity contribution < 1.29 is 102 Å². The Kier molecular flexibility index (Phi) is 437. The van der Waals surface area contributed by atoms with Gasteiger partial charge in [0.25, 0.3) is 0 Å². The van der Waals surface area contributed by atoms with E-state index in [1.807, 2.05) is 0 Å². The summed E-state index contributed by atoms with van der Waals surface area (Å²) < 4.78 is 0. The van der Waals surface area contributed by atoms with Crippen molar-refractivity contribution in [3.05, 3.63) is 0 Å². The van der Waals surface area contributed by atoms with Crippen LogP contribution in [0.3, 0.4) is 0 Å². The Morgan fingerprint density at radius 3 is 0.286 bits per heavy atom. The molecule has 0 atom stereocenters. The van der Waals surface area contributed by atoms with Gasteiger partial charge in [0.05, 0.1) is 0 Å². The van der Waals surface area contributed by atoms with Crippen LogP contribution in [0.5, 0.6) is 0 Å². The molecule has 0 heterocycles. The molecule has 0 aromatic heterocycles. The van der Waals surface area contributed by atoms with Crippen molar-refractivity contribution in [2.24, 2.45) is 0 Å². The molecule has 0 unspecified atom stereocenters. The minimum absolute atomic E-state index is 0. The van der Waals surface area contributed by atoms with E-state index in [1.54, 1.807) is 0 Å². The van der Waals surface area contributed by atoms with E-state index in [0.29, 0.717) is 0 Å². The van der Waals surface area contributed by atoms with Crippen LogP contribution in [-0.4, -0.2) is 45.5 Å². The standard InChI is InChI=1S/6BrH.Sr/h6*1H;/q;;;;;;+2/p-6. The van der Waals surface area contributed by atoms with E-state index < -0.39 is 0 Å². The summed E-state index contributed by atoms with van der Waals surface area (Å²) in [5.41, 5.74) is 0. The summed E-state index contributed by atoms with van der Waals surface area (Å²) in [5.74, 6) is 0. The molecule has 0 fully saturated rings. The van der Waals surface area contributed by atoms with Crippen LogP contribution < -0.4 is 102 Å². The Bertz CT molecular complexity index is 4.14. The third kappa shape index (κ3) is 38.1. The van der Waals surface area contributed by atoms with Gasteiger partial charge in [-0.3, -0.25) is 0 Å². The van der Waals surface area contributed by atoms with Gasteiger partial charge in [0.15, 0.2) is 0 Å². The number of hydrogen-bond donors (Lipinski definition) is 0.